The van der Waals surface area contributed by atoms with Crippen LogP contribution in [0.1, 0.15) is 11.1 Å². The number of carbonyl (C=O) groups is 1. The Morgan fingerprint density at radius 1 is 1.21 bits per heavy atom. The number of hydrogen-bond donors (Lipinski definition) is 1. The number of rotatable bonds is 4. The molecular weight excluding hydrogens is 242 g/mol. The summed E-state index contributed by atoms with van der Waals surface area (Å²) in [6.07, 6.45) is 0.240. The third-order valence-electron chi connectivity index (χ3n) is 3.18. The molecule has 0 aromatic heterocycles. The summed E-state index contributed by atoms with van der Waals surface area (Å²) >= 11 is 0. The van der Waals surface area contributed by atoms with Crippen molar-refractivity contribution in [1.82, 2.24) is 0 Å². The molecule has 0 fully saturated rings. The van der Waals surface area contributed by atoms with Gasteiger partial charge in [0.05, 0.1) is 20.6 Å². The summed E-state index contributed by atoms with van der Waals surface area (Å²) < 4.78 is 10.7. The number of nitrogens with two attached hydrogens (primary N) is 1. The van der Waals surface area contributed by atoms with Crippen LogP contribution in [0.4, 0.5) is 0 Å². The molecule has 0 radical (unpaired) electrons. The van der Waals surface area contributed by atoms with Gasteiger partial charge in [-0.1, -0.05) is 18.2 Å². The Morgan fingerprint density at radius 3 is 2.53 bits per heavy atom. The molecule has 4 nitrogen and oxygen atoms in total. The van der Waals surface area contributed by atoms with Crippen LogP contribution >= 0.6 is 0 Å². The maximum Gasteiger partial charge on any atom is 0.221 e. The molecule has 19 heavy (non-hydrogen) atoms. The summed E-state index contributed by atoms with van der Waals surface area (Å²) in [4.78, 5) is 11.0. The Balaban J connectivity index is 2.64. The number of hydrogen-bond acceptors (Lipinski definition) is 3. The molecule has 0 aliphatic heterocycles. The van der Waals surface area contributed by atoms with Gasteiger partial charge < -0.3 is 15.2 Å². The molecule has 0 saturated heterocycles. The molecule has 0 aliphatic carbocycles. The monoisotopic (exact) mass is 259 g/mol. The third-order valence-corrected chi connectivity index (χ3v) is 3.18. The van der Waals surface area contributed by atoms with Crippen LogP contribution < -0.4 is 15.2 Å². The van der Waals surface area contributed by atoms with Crippen molar-refractivity contribution in [2.45, 2.75) is 13.3 Å². The van der Waals surface area contributed by atoms with Crippen molar-refractivity contribution in [2.24, 2.45) is 5.73 Å². The topological polar surface area (TPSA) is 61.5 Å². The number of carbonyl (C=O) groups excluding carboxylic acids is 1. The van der Waals surface area contributed by atoms with Crippen LogP contribution in [-0.2, 0) is 11.2 Å². The zero-order valence-electron chi connectivity index (χ0n) is 11.3. The minimum absolute atomic E-state index is 0.240. The summed E-state index contributed by atoms with van der Waals surface area (Å²) in [5.41, 5.74) is 7.11. The fourth-order valence-electron chi connectivity index (χ4n) is 2.28. The first-order valence-corrected chi connectivity index (χ1v) is 5.99. The highest BCUT2D eigenvalue weighted by molar-refractivity contribution is 5.91. The molecule has 0 atom stereocenters. The Bertz CT molecular complexity index is 635. The first kappa shape index (κ1) is 13.2. The highest BCUT2D eigenvalue weighted by Gasteiger charge is 2.12. The molecule has 2 N–H and O–H groups in total. The second-order valence-corrected chi connectivity index (χ2v) is 4.44. The van der Waals surface area contributed by atoms with E-state index in [2.05, 4.69) is 0 Å². The van der Waals surface area contributed by atoms with Gasteiger partial charge in [0.2, 0.25) is 5.91 Å². The number of aryl methyl sites for hydroxylation is 1. The van der Waals surface area contributed by atoms with Crippen molar-refractivity contribution in [1.29, 1.82) is 0 Å². The molecule has 0 aliphatic rings. The van der Waals surface area contributed by atoms with Crippen LogP contribution in [0, 0.1) is 6.92 Å². The van der Waals surface area contributed by atoms with Gasteiger partial charge >= 0.3 is 0 Å². The van der Waals surface area contributed by atoms with Crippen molar-refractivity contribution < 1.29 is 14.3 Å². The van der Waals surface area contributed by atoms with E-state index < -0.39 is 0 Å². The number of methoxy groups -OCH3 is 2. The highest BCUT2D eigenvalue weighted by Crippen LogP contribution is 2.37. The van der Waals surface area contributed by atoms with E-state index in [4.69, 9.17) is 15.2 Å². The quantitative estimate of drug-likeness (QED) is 0.915. The smallest absolute Gasteiger partial charge is 0.221 e. The van der Waals surface area contributed by atoms with Crippen molar-refractivity contribution in [2.75, 3.05) is 14.2 Å². The van der Waals surface area contributed by atoms with Crippen LogP contribution in [0.5, 0.6) is 11.5 Å². The van der Waals surface area contributed by atoms with Gasteiger partial charge in [-0.15, -0.1) is 0 Å². The molecular formula is C15H17NO3. The van der Waals surface area contributed by atoms with E-state index in [1.54, 1.807) is 14.2 Å². The Kier molecular flexibility index (Phi) is 3.60. The average Bonchev–Trinajstić information content (AvgIpc) is 2.38. The molecule has 4 heteroatoms. The van der Waals surface area contributed by atoms with E-state index in [0.29, 0.717) is 11.5 Å². The van der Waals surface area contributed by atoms with E-state index in [1.807, 2.05) is 31.2 Å². The Labute approximate surface area is 112 Å². The maximum absolute atomic E-state index is 11.0. The highest BCUT2D eigenvalue weighted by atomic mass is 16.5. The lowest BCUT2D eigenvalue weighted by Gasteiger charge is -2.14. The molecule has 2 rings (SSSR count). The third kappa shape index (κ3) is 2.47. The Hall–Kier alpha value is -2.23. The van der Waals surface area contributed by atoms with E-state index in [1.165, 1.54) is 0 Å². The molecule has 0 saturated carbocycles. The normalized spacial score (nSPS) is 10.5. The van der Waals surface area contributed by atoms with Crippen molar-refractivity contribution in [3.8, 4) is 11.5 Å². The zero-order valence-corrected chi connectivity index (χ0v) is 11.3. The molecule has 0 spiro atoms. The van der Waals surface area contributed by atoms with E-state index >= 15 is 0 Å². The first-order valence-electron chi connectivity index (χ1n) is 5.99. The second-order valence-electron chi connectivity index (χ2n) is 4.44. The van der Waals surface area contributed by atoms with Crippen molar-refractivity contribution in [3.05, 3.63) is 35.4 Å². The standard InChI is InChI=1S/C15H17NO3/c1-9-12-6-10(7-14(16)17)4-5-11(12)8-13(18-2)15(9)19-3/h4-6,8H,7H2,1-3H3,(H2,16,17). The zero-order chi connectivity index (χ0) is 14.0. The van der Waals surface area contributed by atoms with Gasteiger partial charge in [-0.2, -0.15) is 0 Å². The SMILES string of the molecule is COc1cc2ccc(CC(N)=O)cc2c(C)c1OC. The van der Waals surface area contributed by atoms with Crippen molar-refractivity contribution in [3.63, 3.8) is 0 Å². The Morgan fingerprint density at radius 2 is 1.95 bits per heavy atom. The summed E-state index contributed by atoms with van der Waals surface area (Å²) in [6, 6.07) is 7.76. The first-order chi connectivity index (χ1) is 9.06. The van der Waals surface area contributed by atoms with Crippen LogP contribution in [0.3, 0.4) is 0 Å². The van der Waals surface area contributed by atoms with E-state index in [-0.39, 0.29) is 12.3 Å². The lowest BCUT2D eigenvalue weighted by Crippen LogP contribution is -2.13. The summed E-state index contributed by atoms with van der Waals surface area (Å²) in [6.45, 7) is 1.97. The van der Waals surface area contributed by atoms with Crippen LogP contribution in [0.2, 0.25) is 0 Å². The van der Waals surface area contributed by atoms with Gasteiger partial charge in [-0.3, -0.25) is 4.79 Å². The molecule has 0 unspecified atom stereocenters. The maximum atomic E-state index is 11.0. The largest absolute Gasteiger partial charge is 0.493 e. The van der Waals surface area contributed by atoms with Crippen LogP contribution in [0.15, 0.2) is 24.3 Å². The number of benzene rings is 2. The van der Waals surface area contributed by atoms with Gasteiger partial charge in [0.15, 0.2) is 11.5 Å². The summed E-state index contributed by atoms with van der Waals surface area (Å²) in [7, 11) is 3.23. The van der Waals surface area contributed by atoms with E-state index in [9.17, 15) is 4.79 Å². The molecule has 2 aromatic carbocycles. The molecule has 1 amide bonds. The second kappa shape index (κ2) is 5.18. The fraction of sp³-hybridized carbons (Fsp3) is 0.267. The lowest BCUT2D eigenvalue weighted by molar-refractivity contribution is -0.117. The average molecular weight is 259 g/mol. The number of ether oxygens (including phenoxy) is 2. The van der Waals surface area contributed by atoms with Crippen LogP contribution in [-0.4, -0.2) is 20.1 Å². The van der Waals surface area contributed by atoms with Crippen molar-refractivity contribution >= 4 is 16.7 Å². The predicted molar refractivity (Wildman–Crippen MR) is 74.7 cm³/mol. The molecule has 0 heterocycles. The molecule has 100 valence electrons. The molecule has 0 bridgehead atoms. The van der Waals surface area contributed by atoms with Gasteiger partial charge in [-0.25, -0.2) is 0 Å². The lowest BCUT2D eigenvalue weighted by atomic mass is 10.00. The number of primary amides is 1. The van der Waals surface area contributed by atoms with Gasteiger partial charge in [0.25, 0.3) is 0 Å². The van der Waals surface area contributed by atoms with Gasteiger partial charge in [0, 0.05) is 5.56 Å². The van der Waals surface area contributed by atoms with Gasteiger partial charge in [-0.05, 0) is 29.3 Å². The minimum Gasteiger partial charge on any atom is -0.493 e. The minimum atomic E-state index is -0.336. The summed E-state index contributed by atoms with van der Waals surface area (Å²) in [5, 5.41) is 2.08. The van der Waals surface area contributed by atoms with E-state index in [0.717, 1.165) is 21.9 Å². The predicted octanol–water partition coefficient (Wildman–Crippen LogP) is 2.19. The number of fused-ring (bicyclic) bond motifs is 1. The molecule has 2 aromatic rings. The van der Waals surface area contributed by atoms with Gasteiger partial charge in [0.1, 0.15) is 0 Å². The number of amides is 1. The van der Waals surface area contributed by atoms with Crippen LogP contribution in [0.25, 0.3) is 10.8 Å². The fourth-order valence-corrected chi connectivity index (χ4v) is 2.28. The summed E-state index contributed by atoms with van der Waals surface area (Å²) in [5.74, 6) is 1.08.